The number of nitrogens with zero attached hydrogens (tertiary/aromatic N) is 2. The molecule has 0 bridgehead atoms. The van der Waals surface area contributed by atoms with Crippen LogP contribution >= 0.6 is 0 Å². The number of hydrogen-bond donors (Lipinski definition) is 3. The van der Waals surface area contributed by atoms with Gasteiger partial charge in [-0.1, -0.05) is 0 Å². The number of fused-ring (bicyclic) bond motifs is 2. The first-order valence-electron chi connectivity index (χ1n) is 11.9. The van der Waals surface area contributed by atoms with Crippen LogP contribution < -0.4 is 30.4 Å². The van der Waals surface area contributed by atoms with Crippen LogP contribution in [0.2, 0.25) is 0 Å². The molecule has 3 aliphatic rings. The second-order valence-electron chi connectivity index (χ2n) is 8.79. The summed E-state index contributed by atoms with van der Waals surface area (Å²) in [6, 6.07) is 6.36. The average molecular weight is 501 g/mol. The zero-order valence-corrected chi connectivity index (χ0v) is 20.3. The molecular formula is C25H32N4O7. The zero-order valence-electron chi connectivity index (χ0n) is 20.3. The maximum absolute atomic E-state index is 12.8. The number of aromatic carboxylic acids is 1. The van der Waals surface area contributed by atoms with Crippen LogP contribution in [0, 0.1) is 0 Å². The van der Waals surface area contributed by atoms with Crippen LogP contribution in [-0.4, -0.2) is 86.4 Å². The van der Waals surface area contributed by atoms with Gasteiger partial charge < -0.3 is 45.3 Å². The molecule has 2 aromatic carbocycles. The molecule has 1 amide bonds. The third kappa shape index (κ3) is 5.85. The largest absolute Gasteiger partial charge is 0.489 e. The van der Waals surface area contributed by atoms with Crippen molar-refractivity contribution in [3.63, 3.8) is 0 Å². The summed E-state index contributed by atoms with van der Waals surface area (Å²) in [7, 11) is 2.06. The van der Waals surface area contributed by atoms with Crippen LogP contribution in [0.3, 0.4) is 0 Å². The van der Waals surface area contributed by atoms with Gasteiger partial charge >= 0.3 is 5.97 Å². The topological polar surface area (TPSA) is 150 Å². The van der Waals surface area contributed by atoms with E-state index >= 15 is 0 Å². The van der Waals surface area contributed by atoms with E-state index in [9.17, 15) is 9.59 Å². The molecular weight excluding hydrogens is 468 g/mol. The first-order chi connectivity index (χ1) is 17.3. The number of carbonyl (C=O) groups is 2. The lowest BCUT2D eigenvalue weighted by Gasteiger charge is -2.32. The van der Waals surface area contributed by atoms with Crippen LogP contribution in [0.4, 0.5) is 11.4 Å². The summed E-state index contributed by atoms with van der Waals surface area (Å²) < 4.78 is 22.1. The standard InChI is InChI=1S/C15H21N3O3.C10H11NO4/c1-17-3-5-18(6-4-17)15(19)12-9-11(16)10-13-14(12)21-8-2-7-20-13;11-6-4-7(10(12)13)9-8(5-6)14-2-1-3-15-9/h9-10H,2-8,16H2,1H3;4-5H,1-3,11H2,(H,12,13). The van der Waals surface area contributed by atoms with Gasteiger partial charge in [-0.05, 0) is 19.2 Å². The smallest absolute Gasteiger partial charge is 0.339 e. The minimum atomic E-state index is -1.07. The summed E-state index contributed by atoms with van der Waals surface area (Å²) in [6.07, 6.45) is 1.53. The Bertz CT molecular complexity index is 1120. The van der Waals surface area contributed by atoms with Gasteiger partial charge in [0.15, 0.2) is 23.0 Å². The van der Waals surface area contributed by atoms with Crippen molar-refractivity contribution in [2.24, 2.45) is 0 Å². The van der Waals surface area contributed by atoms with Crippen molar-refractivity contribution in [2.75, 3.05) is 71.1 Å². The van der Waals surface area contributed by atoms with Gasteiger partial charge in [0.1, 0.15) is 5.56 Å². The number of carboxylic acids is 1. The van der Waals surface area contributed by atoms with Crippen LogP contribution in [0.15, 0.2) is 24.3 Å². The van der Waals surface area contributed by atoms with Crippen molar-refractivity contribution in [1.82, 2.24) is 9.80 Å². The van der Waals surface area contributed by atoms with Gasteiger partial charge in [-0.2, -0.15) is 0 Å². The first kappa shape index (κ1) is 25.2. The SMILES string of the molecule is CN1CCN(C(=O)c2cc(N)cc3c2OCCCO3)CC1.Nc1cc2c(c(C(=O)O)c1)OCCCO2. The third-order valence-corrected chi connectivity index (χ3v) is 5.99. The molecule has 11 nitrogen and oxygen atoms in total. The van der Waals surface area contributed by atoms with Gasteiger partial charge in [-0.3, -0.25) is 4.79 Å². The van der Waals surface area contributed by atoms with E-state index in [1.807, 2.05) is 4.90 Å². The number of ether oxygens (including phenoxy) is 4. The Labute approximate surface area is 209 Å². The van der Waals surface area contributed by atoms with E-state index in [0.29, 0.717) is 60.6 Å². The van der Waals surface area contributed by atoms with Crippen LogP contribution in [-0.2, 0) is 0 Å². The number of nitrogens with two attached hydrogens (primary N) is 2. The number of nitrogen functional groups attached to an aromatic ring is 2. The zero-order chi connectivity index (χ0) is 25.7. The van der Waals surface area contributed by atoms with Crippen LogP contribution in [0.1, 0.15) is 33.6 Å². The van der Waals surface area contributed by atoms with Gasteiger partial charge in [0.2, 0.25) is 0 Å². The summed E-state index contributed by atoms with van der Waals surface area (Å²) in [6.45, 7) is 5.31. The Morgan fingerprint density at radius 2 is 1.22 bits per heavy atom. The van der Waals surface area contributed by atoms with Crippen LogP contribution in [0.5, 0.6) is 23.0 Å². The third-order valence-electron chi connectivity index (χ3n) is 5.99. The molecule has 5 N–H and O–H groups in total. The lowest BCUT2D eigenvalue weighted by Crippen LogP contribution is -2.47. The van der Waals surface area contributed by atoms with Crippen molar-refractivity contribution >= 4 is 23.3 Å². The first-order valence-corrected chi connectivity index (χ1v) is 11.9. The molecule has 0 aromatic heterocycles. The van der Waals surface area contributed by atoms with Gasteiger partial charge in [-0.15, -0.1) is 0 Å². The Kier molecular flexibility index (Phi) is 7.89. The highest BCUT2D eigenvalue weighted by Crippen LogP contribution is 2.37. The molecule has 0 radical (unpaired) electrons. The highest BCUT2D eigenvalue weighted by atomic mass is 16.5. The van der Waals surface area contributed by atoms with Gasteiger partial charge in [0.25, 0.3) is 5.91 Å². The van der Waals surface area contributed by atoms with Crippen molar-refractivity contribution in [3.05, 3.63) is 35.4 Å². The molecule has 3 heterocycles. The summed E-state index contributed by atoms with van der Waals surface area (Å²) in [5.41, 5.74) is 12.9. The normalized spacial score (nSPS) is 17.2. The highest BCUT2D eigenvalue weighted by Gasteiger charge is 2.26. The summed E-state index contributed by atoms with van der Waals surface area (Å²) in [4.78, 5) is 27.8. The van der Waals surface area contributed by atoms with E-state index in [0.717, 1.165) is 39.0 Å². The lowest BCUT2D eigenvalue weighted by atomic mass is 10.1. The molecule has 0 saturated carbocycles. The molecule has 3 aliphatic heterocycles. The Morgan fingerprint density at radius 3 is 1.75 bits per heavy atom. The lowest BCUT2D eigenvalue weighted by molar-refractivity contribution is 0.0657. The monoisotopic (exact) mass is 500 g/mol. The summed E-state index contributed by atoms with van der Waals surface area (Å²) in [5.74, 6) is 0.691. The predicted molar refractivity (Wildman–Crippen MR) is 133 cm³/mol. The fraction of sp³-hybridized carbons (Fsp3) is 0.440. The Balaban J connectivity index is 0.000000179. The quantitative estimate of drug-likeness (QED) is 0.522. The van der Waals surface area contributed by atoms with E-state index in [4.69, 9.17) is 35.5 Å². The van der Waals surface area contributed by atoms with E-state index < -0.39 is 5.97 Å². The molecule has 36 heavy (non-hydrogen) atoms. The fourth-order valence-corrected chi connectivity index (χ4v) is 4.09. The number of amides is 1. The molecule has 1 saturated heterocycles. The Hall–Kier alpha value is -3.86. The molecule has 0 atom stereocenters. The molecule has 11 heteroatoms. The maximum Gasteiger partial charge on any atom is 0.339 e. The molecule has 0 aliphatic carbocycles. The molecule has 1 fully saturated rings. The number of carbonyl (C=O) groups excluding carboxylic acids is 1. The maximum atomic E-state index is 12.8. The molecule has 0 spiro atoms. The van der Waals surface area contributed by atoms with Gasteiger partial charge in [0.05, 0.1) is 32.0 Å². The average Bonchev–Trinajstić information content (AvgIpc) is 3.24. The minimum Gasteiger partial charge on any atom is -0.489 e. The summed E-state index contributed by atoms with van der Waals surface area (Å²) in [5, 5.41) is 8.97. The van der Waals surface area contributed by atoms with Gasteiger partial charge in [0, 0.05) is 62.5 Å². The van der Waals surface area contributed by atoms with Crippen molar-refractivity contribution in [2.45, 2.75) is 12.8 Å². The number of likely N-dealkylation sites (N-methyl/N-ethyl adjacent to an activating group) is 1. The Morgan fingerprint density at radius 1 is 0.750 bits per heavy atom. The fourth-order valence-electron chi connectivity index (χ4n) is 4.09. The predicted octanol–water partition coefficient (Wildman–Crippen LogP) is 1.95. The van der Waals surface area contributed by atoms with Crippen molar-refractivity contribution in [1.29, 1.82) is 0 Å². The van der Waals surface area contributed by atoms with E-state index in [1.54, 1.807) is 18.2 Å². The number of benzene rings is 2. The van der Waals surface area contributed by atoms with E-state index in [1.165, 1.54) is 6.07 Å². The second-order valence-corrected chi connectivity index (χ2v) is 8.79. The number of anilines is 2. The van der Waals surface area contributed by atoms with Crippen molar-refractivity contribution < 1.29 is 33.6 Å². The highest BCUT2D eigenvalue weighted by molar-refractivity contribution is 5.99. The summed E-state index contributed by atoms with van der Waals surface area (Å²) >= 11 is 0. The van der Waals surface area contributed by atoms with Gasteiger partial charge in [-0.25, -0.2) is 4.79 Å². The molecule has 0 unspecified atom stereocenters. The van der Waals surface area contributed by atoms with Crippen molar-refractivity contribution in [3.8, 4) is 23.0 Å². The minimum absolute atomic E-state index is 0.0304. The number of piperazine rings is 1. The second kappa shape index (κ2) is 11.3. The molecule has 194 valence electrons. The number of hydrogen-bond acceptors (Lipinski definition) is 9. The van der Waals surface area contributed by atoms with E-state index in [-0.39, 0.29) is 17.2 Å². The molecule has 5 rings (SSSR count). The van der Waals surface area contributed by atoms with E-state index in [2.05, 4.69) is 11.9 Å². The van der Waals surface area contributed by atoms with Crippen LogP contribution in [0.25, 0.3) is 0 Å². The molecule has 2 aromatic rings. The number of rotatable bonds is 2. The number of carboxylic acid groups (broad SMARTS) is 1.